The van der Waals surface area contributed by atoms with E-state index in [9.17, 15) is 13.2 Å². The van der Waals surface area contributed by atoms with Crippen LogP contribution in [0.5, 0.6) is 0 Å². The van der Waals surface area contributed by atoms with Crippen LogP contribution in [0.4, 0.5) is 0 Å². The maximum absolute atomic E-state index is 14.3. The highest BCUT2D eigenvalue weighted by molar-refractivity contribution is 7.89. The summed E-state index contributed by atoms with van der Waals surface area (Å²) >= 11 is 0. The maximum Gasteiger partial charge on any atom is 0.243 e. The number of Topliss-reactive ketones (excluding diaryl/α,β-unsaturated/α-hetero) is 1. The Morgan fingerprint density at radius 2 is 1.67 bits per heavy atom. The molecule has 2 aromatic carbocycles. The summed E-state index contributed by atoms with van der Waals surface area (Å²) < 4.78 is 36.8. The summed E-state index contributed by atoms with van der Waals surface area (Å²) in [7, 11) is -5.81. The quantitative estimate of drug-likeness (QED) is 0.194. The zero-order valence-corrected chi connectivity index (χ0v) is 27.9. The molecule has 0 unspecified atom stereocenters. The summed E-state index contributed by atoms with van der Waals surface area (Å²) in [6.45, 7) is 16.5. The first-order chi connectivity index (χ1) is 19.6. The average Bonchev–Trinajstić information content (AvgIpc) is 3.23. The Hall–Kier alpha value is -2.32. The lowest BCUT2D eigenvalue weighted by molar-refractivity contribution is -0.0609. The normalized spacial score (nSPS) is 32.8. The Bertz CT molecular complexity index is 1570. The van der Waals surface area contributed by atoms with Crippen LogP contribution in [-0.4, -0.2) is 46.0 Å². The number of hydrogen-bond acceptors (Lipinski definition) is 4. The molecule has 7 rings (SSSR count). The first kappa shape index (κ1) is 29.7. The lowest BCUT2D eigenvalue weighted by Gasteiger charge is -2.64. The highest BCUT2D eigenvalue weighted by Crippen LogP contribution is 2.73. The van der Waals surface area contributed by atoms with Crippen LogP contribution in [0.3, 0.4) is 0 Å². The smallest absolute Gasteiger partial charge is 0.243 e. The highest BCUT2D eigenvalue weighted by Gasteiger charge is 2.71. The Morgan fingerprint density at radius 1 is 1.00 bits per heavy atom. The Kier molecular flexibility index (Phi) is 6.79. The third-order valence-corrected chi connectivity index (χ3v) is 18.1. The third kappa shape index (κ3) is 4.14. The van der Waals surface area contributed by atoms with Crippen LogP contribution in [-0.2, 0) is 14.4 Å². The largest absolute Gasteiger partial charge is 0.413 e. The topological polar surface area (TPSA) is 63.7 Å². The van der Waals surface area contributed by atoms with Gasteiger partial charge in [0.05, 0.1) is 11.0 Å². The minimum absolute atomic E-state index is 0.0374. The lowest BCUT2D eigenvalue weighted by Crippen LogP contribution is -2.64. The molecule has 5 atom stereocenters. The molecule has 2 aromatic rings. The van der Waals surface area contributed by atoms with Crippen molar-refractivity contribution >= 4 is 24.1 Å². The molecule has 5 nitrogen and oxygen atoms in total. The number of carbonyl (C=O) groups is 1. The van der Waals surface area contributed by atoms with Gasteiger partial charge in [-0.25, -0.2) is 8.42 Å². The number of hydrogen-bond donors (Lipinski definition) is 0. The van der Waals surface area contributed by atoms with E-state index in [4.69, 9.17) is 4.43 Å². The van der Waals surface area contributed by atoms with E-state index < -0.39 is 29.2 Å². The van der Waals surface area contributed by atoms with E-state index in [0.29, 0.717) is 30.0 Å². The summed E-state index contributed by atoms with van der Waals surface area (Å²) in [6, 6.07) is 16.7. The Labute approximate surface area is 253 Å². The zero-order chi connectivity index (χ0) is 30.3. The fourth-order valence-corrected chi connectivity index (χ4v) is 10.9. The monoisotopic (exact) mass is 603 g/mol. The third-order valence-electron chi connectivity index (χ3n) is 11.7. The summed E-state index contributed by atoms with van der Waals surface area (Å²) in [6.07, 6.45) is 9.30. The second-order valence-electron chi connectivity index (χ2n) is 14.9. The summed E-state index contributed by atoms with van der Waals surface area (Å²) in [5.41, 5.74) is 1.34. The predicted octanol–water partition coefficient (Wildman–Crippen LogP) is 7.56. The van der Waals surface area contributed by atoms with Crippen LogP contribution in [0.1, 0.15) is 62.9 Å². The van der Waals surface area contributed by atoms with Gasteiger partial charge < -0.3 is 4.43 Å². The number of rotatable bonds is 6. The van der Waals surface area contributed by atoms with Crippen LogP contribution in [0.2, 0.25) is 18.1 Å². The van der Waals surface area contributed by atoms with E-state index in [1.54, 1.807) is 16.4 Å². The van der Waals surface area contributed by atoms with Crippen LogP contribution in [0.25, 0.3) is 0 Å². The first-order valence-corrected chi connectivity index (χ1v) is 19.7. The van der Waals surface area contributed by atoms with Gasteiger partial charge in [0, 0.05) is 35.1 Å². The van der Waals surface area contributed by atoms with Crippen molar-refractivity contribution in [1.29, 1.82) is 0 Å². The van der Waals surface area contributed by atoms with Gasteiger partial charge in [-0.1, -0.05) is 94.0 Å². The molecule has 1 aliphatic heterocycles. The number of nitrogens with zero attached hydrogens (tertiary/aromatic N) is 1. The molecule has 5 aliphatic rings. The van der Waals surface area contributed by atoms with Crippen LogP contribution in [0, 0.1) is 29.1 Å². The summed E-state index contributed by atoms with van der Waals surface area (Å²) in [4.78, 5) is 14.7. The molecule has 7 heteroatoms. The van der Waals surface area contributed by atoms with Gasteiger partial charge in [0.2, 0.25) is 10.0 Å². The van der Waals surface area contributed by atoms with Crippen molar-refractivity contribution in [3.8, 4) is 0 Å². The van der Waals surface area contributed by atoms with E-state index in [2.05, 4.69) is 59.0 Å². The molecule has 0 amide bonds. The number of benzene rings is 2. The molecule has 0 N–H and O–H groups in total. The number of allylic oxidation sites excluding steroid dienone is 2. The molecule has 0 radical (unpaired) electrons. The fourth-order valence-electron chi connectivity index (χ4n) is 8.11. The molecule has 1 heterocycles. The van der Waals surface area contributed by atoms with Crippen molar-refractivity contribution in [3.05, 3.63) is 89.5 Å². The number of carbonyl (C=O) groups excluding carboxylic acids is 1. The lowest BCUT2D eigenvalue weighted by atomic mass is 9.41. The molecular formula is C35H45NO4SSi. The molecule has 1 saturated carbocycles. The minimum Gasteiger partial charge on any atom is -0.413 e. The van der Waals surface area contributed by atoms with Crippen molar-refractivity contribution in [1.82, 2.24) is 4.31 Å². The van der Waals surface area contributed by atoms with Crippen molar-refractivity contribution in [3.63, 3.8) is 0 Å². The van der Waals surface area contributed by atoms with Crippen LogP contribution >= 0.6 is 0 Å². The molecule has 224 valence electrons. The summed E-state index contributed by atoms with van der Waals surface area (Å²) in [5, 5.41) is 0.0512. The van der Waals surface area contributed by atoms with E-state index in [1.807, 2.05) is 49.4 Å². The van der Waals surface area contributed by atoms with Gasteiger partial charge in [-0.15, -0.1) is 0 Å². The van der Waals surface area contributed by atoms with Gasteiger partial charge in [0.25, 0.3) is 0 Å². The molecule has 4 aliphatic carbocycles. The van der Waals surface area contributed by atoms with Crippen molar-refractivity contribution in [2.75, 3.05) is 13.1 Å². The average molecular weight is 604 g/mol. The van der Waals surface area contributed by atoms with E-state index in [1.165, 1.54) is 0 Å². The number of aryl methyl sites for hydroxylation is 1. The molecule has 2 fully saturated rings. The SMILES string of the molecule is Cc1ccc(S(=O)(=O)N2CC[C@@]34C=C[C@]5(C=C3C(=O)c3ccccc3)[C@H](O[Si](C)(C)C(C)(C)C)CC[C@]5(C)[C@@H]4C2)cc1. The molecular weight excluding hydrogens is 559 g/mol. The van der Waals surface area contributed by atoms with E-state index in [-0.39, 0.29) is 28.3 Å². The number of ketones is 1. The predicted molar refractivity (Wildman–Crippen MR) is 170 cm³/mol. The molecule has 1 saturated heterocycles. The second kappa shape index (κ2) is 9.59. The van der Waals surface area contributed by atoms with Crippen LogP contribution < -0.4 is 0 Å². The van der Waals surface area contributed by atoms with Gasteiger partial charge >= 0.3 is 0 Å². The molecule has 42 heavy (non-hydrogen) atoms. The highest BCUT2D eigenvalue weighted by atomic mass is 32.2. The first-order valence-electron chi connectivity index (χ1n) is 15.4. The fraction of sp³-hybridized carbons (Fsp3) is 0.514. The van der Waals surface area contributed by atoms with Gasteiger partial charge in [0.1, 0.15) is 0 Å². The van der Waals surface area contributed by atoms with Gasteiger partial charge in [-0.05, 0) is 67.8 Å². The Balaban J connectivity index is 1.47. The zero-order valence-electron chi connectivity index (χ0n) is 26.1. The second-order valence-corrected chi connectivity index (χ2v) is 21.6. The van der Waals surface area contributed by atoms with Gasteiger partial charge in [-0.2, -0.15) is 4.31 Å². The van der Waals surface area contributed by atoms with Crippen molar-refractivity contribution in [2.24, 2.45) is 22.2 Å². The molecule has 2 spiro atoms. The minimum atomic E-state index is -3.68. The van der Waals surface area contributed by atoms with Crippen molar-refractivity contribution < 1.29 is 17.6 Å². The standard InChI is InChI=1S/C35H45NO4SSi/c1-25-13-15-27(16-14-25)41(38,39)36-22-21-34-19-20-35(23-28(34)31(37)26-11-9-8-10-12-26)30(40-42(6,7)32(2,3)4)17-18-33(35,5)29(34)24-36/h8-16,19-20,23,29-30H,17-18,21-22,24H2,1-7H3/t29-,30+,33+,34-,35-/m0/s1. The Morgan fingerprint density at radius 3 is 2.31 bits per heavy atom. The van der Waals surface area contributed by atoms with Crippen LogP contribution in [0.15, 0.2) is 83.3 Å². The number of piperidine rings is 1. The molecule has 2 bridgehead atoms. The molecule has 0 aromatic heterocycles. The van der Waals surface area contributed by atoms with E-state index >= 15 is 0 Å². The number of sulfonamides is 1. The van der Waals surface area contributed by atoms with Gasteiger partial charge in [-0.3, -0.25) is 4.79 Å². The van der Waals surface area contributed by atoms with Crippen molar-refractivity contribution in [2.45, 2.75) is 83.0 Å². The van der Waals surface area contributed by atoms with Gasteiger partial charge in [0.15, 0.2) is 14.1 Å². The summed E-state index contributed by atoms with van der Waals surface area (Å²) in [5.74, 6) is 0.0174. The van der Waals surface area contributed by atoms with E-state index in [0.717, 1.165) is 24.0 Å². The maximum atomic E-state index is 14.3.